The van der Waals surface area contributed by atoms with Gasteiger partial charge >= 0.3 is 0 Å². The summed E-state index contributed by atoms with van der Waals surface area (Å²) in [6.45, 7) is 2.00. The molecule has 0 aliphatic heterocycles. The van der Waals surface area contributed by atoms with Crippen molar-refractivity contribution in [2.24, 2.45) is 0 Å². The lowest BCUT2D eigenvalue weighted by molar-refractivity contribution is -0.134. The second-order valence-corrected chi connectivity index (χ2v) is 3.08. The zero-order valence-corrected chi connectivity index (χ0v) is 8.53. The molecule has 0 spiro atoms. The monoisotopic (exact) mass is 164 g/mol. The molecule has 0 bridgehead atoms. The van der Waals surface area contributed by atoms with Gasteiger partial charge in [0.2, 0.25) is 0 Å². The molecule has 0 aliphatic rings. The summed E-state index contributed by atoms with van der Waals surface area (Å²) < 4.78 is 5.23. The van der Waals surface area contributed by atoms with Crippen LogP contribution in [0.5, 0.6) is 0 Å². The summed E-state index contributed by atoms with van der Waals surface area (Å²) in [4.78, 5) is 4.00. The normalized spacial score (nSPS) is 13.2. The topological polar surface area (TPSA) is 15.7 Å². The average molecular weight is 164 g/mol. The maximum absolute atomic E-state index is 5.23. The van der Waals surface area contributed by atoms with E-state index < -0.39 is 0 Å². The zero-order valence-electron chi connectivity index (χ0n) is 7.38. The first-order valence-corrected chi connectivity index (χ1v) is 3.65. The van der Waals surface area contributed by atoms with Gasteiger partial charge in [0.15, 0.2) is 5.85 Å². The average Bonchev–Trinajstić information content (AvgIpc) is 1.85. The molecular weight excluding hydrogens is 147 g/mol. The van der Waals surface area contributed by atoms with E-state index in [1.165, 1.54) is 0 Å². The molecule has 0 aromatic heterocycles. The number of rotatable bonds is 3. The SMILES string of the molecule is CN(C)C(C)(OP)N(C)C. The van der Waals surface area contributed by atoms with Crippen molar-refractivity contribution in [3.8, 4) is 0 Å². The molecule has 3 nitrogen and oxygen atoms in total. The van der Waals surface area contributed by atoms with Gasteiger partial charge in [-0.3, -0.25) is 9.80 Å². The predicted molar refractivity (Wildman–Crippen MR) is 46.6 cm³/mol. The fourth-order valence-corrected chi connectivity index (χ4v) is 1.03. The number of hydrogen-bond acceptors (Lipinski definition) is 3. The number of hydrogen-bond donors (Lipinski definition) is 0. The van der Waals surface area contributed by atoms with Crippen LogP contribution in [0.25, 0.3) is 0 Å². The Kier molecular flexibility index (Phi) is 3.74. The fraction of sp³-hybridized carbons (Fsp3) is 1.00. The highest BCUT2D eigenvalue weighted by atomic mass is 31.0. The first-order valence-electron chi connectivity index (χ1n) is 3.18. The molecule has 0 radical (unpaired) electrons. The molecule has 0 amide bonds. The van der Waals surface area contributed by atoms with Crippen LogP contribution in [0.1, 0.15) is 6.92 Å². The smallest absolute Gasteiger partial charge is 0.178 e. The minimum Gasteiger partial charge on any atom is -0.331 e. The van der Waals surface area contributed by atoms with Crippen LogP contribution in [0, 0.1) is 0 Å². The van der Waals surface area contributed by atoms with Gasteiger partial charge in [-0.15, -0.1) is 0 Å². The van der Waals surface area contributed by atoms with Crippen LogP contribution in [-0.2, 0) is 4.52 Å². The lowest BCUT2D eigenvalue weighted by Gasteiger charge is -2.40. The van der Waals surface area contributed by atoms with Crippen LogP contribution in [0.4, 0.5) is 0 Å². The van der Waals surface area contributed by atoms with Gasteiger partial charge in [0.05, 0.1) is 0 Å². The van der Waals surface area contributed by atoms with Gasteiger partial charge in [0.25, 0.3) is 0 Å². The van der Waals surface area contributed by atoms with Crippen LogP contribution in [0.15, 0.2) is 0 Å². The summed E-state index contributed by atoms with van der Waals surface area (Å²) in [6.07, 6.45) is 0. The Morgan fingerprint density at radius 1 is 1.10 bits per heavy atom. The Labute approximate surface area is 65.6 Å². The second kappa shape index (κ2) is 3.63. The van der Waals surface area contributed by atoms with Crippen LogP contribution in [0.2, 0.25) is 0 Å². The van der Waals surface area contributed by atoms with Crippen LogP contribution in [0.3, 0.4) is 0 Å². The van der Waals surface area contributed by atoms with E-state index in [4.69, 9.17) is 4.52 Å². The highest BCUT2D eigenvalue weighted by Gasteiger charge is 2.28. The minimum absolute atomic E-state index is 0.329. The third-order valence-corrected chi connectivity index (χ3v) is 2.33. The van der Waals surface area contributed by atoms with Gasteiger partial charge in [0, 0.05) is 9.47 Å². The summed E-state index contributed by atoms with van der Waals surface area (Å²) in [7, 11) is 10.2. The minimum atomic E-state index is -0.329. The molecule has 1 unspecified atom stereocenters. The largest absolute Gasteiger partial charge is 0.331 e. The first kappa shape index (κ1) is 10.3. The van der Waals surface area contributed by atoms with E-state index in [9.17, 15) is 0 Å². The fourth-order valence-electron chi connectivity index (χ4n) is 0.611. The lowest BCUT2D eigenvalue weighted by atomic mass is 10.4. The Morgan fingerprint density at radius 2 is 1.40 bits per heavy atom. The molecule has 0 heterocycles. The highest BCUT2D eigenvalue weighted by molar-refractivity contribution is 7.09. The van der Waals surface area contributed by atoms with E-state index in [0.717, 1.165) is 0 Å². The molecule has 10 heavy (non-hydrogen) atoms. The van der Waals surface area contributed by atoms with Crippen molar-refractivity contribution in [2.75, 3.05) is 28.2 Å². The van der Waals surface area contributed by atoms with Gasteiger partial charge < -0.3 is 4.52 Å². The van der Waals surface area contributed by atoms with Crippen molar-refractivity contribution in [1.82, 2.24) is 9.80 Å². The van der Waals surface area contributed by atoms with Crippen molar-refractivity contribution >= 4 is 9.47 Å². The molecule has 4 heteroatoms. The van der Waals surface area contributed by atoms with Gasteiger partial charge in [-0.25, -0.2) is 0 Å². The van der Waals surface area contributed by atoms with Crippen molar-refractivity contribution in [1.29, 1.82) is 0 Å². The molecule has 0 saturated carbocycles. The lowest BCUT2D eigenvalue weighted by Crippen LogP contribution is -2.53. The Balaban J connectivity index is 4.23. The molecule has 1 atom stereocenters. The van der Waals surface area contributed by atoms with E-state index in [1.54, 1.807) is 0 Å². The van der Waals surface area contributed by atoms with Crippen molar-refractivity contribution in [3.63, 3.8) is 0 Å². The molecule has 0 N–H and O–H groups in total. The Morgan fingerprint density at radius 3 is 1.40 bits per heavy atom. The summed E-state index contributed by atoms with van der Waals surface area (Å²) in [6, 6.07) is 0. The second-order valence-electron chi connectivity index (χ2n) is 2.84. The van der Waals surface area contributed by atoms with Crippen LogP contribution >= 0.6 is 9.47 Å². The molecule has 0 rings (SSSR count). The Bertz CT molecular complexity index is 97.9. The van der Waals surface area contributed by atoms with Gasteiger partial charge in [-0.2, -0.15) is 0 Å². The van der Waals surface area contributed by atoms with E-state index in [2.05, 4.69) is 9.47 Å². The predicted octanol–water partition coefficient (Wildman–Crippen LogP) is 0.590. The maximum atomic E-state index is 5.23. The molecule has 0 aromatic rings. The van der Waals surface area contributed by atoms with Crippen LogP contribution < -0.4 is 0 Å². The quantitative estimate of drug-likeness (QED) is 0.448. The van der Waals surface area contributed by atoms with E-state index in [0.29, 0.717) is 0 Å². The van der Waals surface area contributed by atoms with Gasteiger partial charge in [-0.05, 0) is 35.1 Å². The first-order chi connectivity index (χ1) is 4.45. The van der Waals surface area contributed by atoms with Gasteiger partial charge in [0.1, 0.15) is 0 Å². The number of nitrogens with zero attached hydrogens (tertiary/aromatic N) is 2. The maximum Gasteiger partial charge on any atom is 0.178 e. The van der Waals surface area contributed by atoms with Gasteiger partial charge in [-0.1, -0.05) is 0 Å². The molecule has 0 aromatic carbocycles. The van der Waals surface area contributed by atoms with E-state index in [-0.39, 0.29) is 5.85 Å². The van der Waals surface area contributed by atoms with E-state index in [1.807, 2.05) is 44.9 Å². The zero-order chi connectivity index (χ0) is 8.36. The van der Waals surface area contributed by atoms with Crippen LogP contribution in [-0.4, -0.2) is 43.8 Å². The molecular formula is C6H17N2OP. The third kappa shape index (κ3) is 1.89. The molecule has 0 fully saturated rings. The summed E-state index contributed by atoms with van der Waals surface area (Å²) >= 11 is 0. The van der Waals surface area contributed by atoms with Crippen molar-refractivity contribution in [2.45, 2.75) is 12.8 Å². The summed E-state index contributed by atoms with van der Waals surface area (Å²) in [5.41, 5.74) is 0. The molecule has 0 aliphatic carbocycles. The van der Waals surface area contributed by atoms with Crippen molar-refractivity contribution < 1.29 is 4.52 Å². The Hall–Kier alpha value is 0.310. The third-order valence-electron chi connectivity index (χ3n) is 1.88. The highest BCUT2D eigenvalue weighted by Crippen LogP contribution is 2.18. The molecule has 62 valence electrons. The summed E-state index contributed by atoms with van der Waals surface area (Å²) in [5.74, 6) is -0.329. The molecule has 0 saturated heterocycles. The van der Waals surface area contributed by atoms with E-state index >= 15 is 0 Å². The standard InChI is InChI=1S/C6H17N2OP/c1-6(9-10,7(2)3)8(4)5/h10H2,1-5H3. The van der Waals surface area contributed by atoms with Crippen molar-refractivity contribution in [3.05, 3.63) is 0 Å². The summed E-state index contributed by atoms with van der Waals surface area (Å²) in [5, 5.41) is 0.